The van der Waals surface area contributed by atoms with Crippen molar-refractivity contribution in [1.29, 1.82) is 0 Å². The van der Waals surface area contributed by atoms with Crippen molar-refractivity contribution < 1.29 is 4.74 Å². The number of nitrogens with two attached hydrogens (primary N) is 1. The maximum absolute atomic E-state index is 6.10. The van der Waals surface area contributed by atoms with Gasteiger partial charge in [0.2, 0.25) is 0 Å². The molecule has 2 N–H and O–H groups in total. The Balaban J connectivity index is 1.99. The average molecular weight is 245 g/mol. The van der Waals surface area contributed by atoms with E-state index in [1.807, 2.05) is 11.9 Å². The van der Waals surface area contributed by atoms with Gasteiger partial charge in [0.1, 0.15) is 11.4 Å². The average Bonchev–Trinajstić information content (AvgIpc) is 2.78. The molecule has 1 aromatic rings. The van der Waals surface area contributed by atoms with Crippen molar-refractivity contribution in [3.05, 3.63) is 29.3 Å². The monoisotopic (exact) mass is 245 g/mol. The fourth-order valence-electron chi connectivity index (χ4n) is 2.78. The highest BCUT2D eigenvalue weighted by atomic mass is 16.5. The summed E-state index contributed by atoms with van der Waals surface area (Å²) in [6.07, 6.45) is 0.961. The number of aliphatic imine (C=N–C) groups is 1. The standard InChI is InChI=1S/C14H19N3O/c1-14(2)7-9-5-4-6-10(12(9)18-14)11-8-16-13(15)17(11)3/h4-6,11H,7-8H2,1-3H3,(H2,15,16). The van der Waals surface area contributed by atoms with E-state index in [4.69, 9.17) is 10.5 Å². The third kappa shape index (κ3) is 1.64. The Bertz CT molecular complexity index is 522. The minimum Gasteiger partial charge on any atom is -0.487 e. The van der Waals surface area contributed by atoms with Gasteiger partial charge in [-0.15, -0.1) is 0 Å². The van der Waals surface area contributed by atoms with Crippen LogP contribution < -0.4 is 10.5 Å². The number of hydrogen-bond donors (Lipinski definition) is 1. The maximum Gasteiger partial charge on any atom is 0.191 e. The van der Waals surface area contributed by atoms with Crippen LogP contribution in [-0.2, 0) is 6.42 Å². The van der Waals surface area contributed by atoms with Crippen molar-refractivity contribution >= 4 is 5.96 Å². The zero-order chi connectivity index (χ0) is 12.9. The molecular formula is C14H19N3O. The summed E-state index contributed by atoms with van der Waals surface area (Å²) < 4.78 is 6.10. The van der Waals surface area contributed by atoms with Gasteiger partial charge in [0.05, 0.1) is 12.6 Å². The van der Waals surface area contributed by atoms with Crippen molar-refractivity contribution in [2.45, 2.75) is 31.9 Å². The number of guanidine groups is 1. The van der Waals surface area contributed by atoms with Gasteiger partial charge in [-0.3, -0.25) is 4.99 Å². The molecule has 1 atom stereocenters. The number of rotatable bonds is 1. The lowest BCUT2D eigenvalue weighted by Gasteiger charge is -2.24. The first kappa shape index (κ1) is 11.4. The number of benzene rings is 1. The van der Waals surface area contributed by atoms with E-state index in [0.717, 1.165) is 12.2 Å². The first-order valence-electron chi connectivity index (χ1n) is 6.31. The summed E-state index contributed by atoms with van der Waals surface area (Å²) >= 11 is 0. The normalized spacial score (nSPS) is 24.7. The molecule has 0 saturated carbocycles. The second-order valence-electron chi connectivity index (χ2n) is 5.70. The highest BCUT2D eigenvalue weighted by molar-refractivity contribution is 5.80. The molecule has 4 nitrogen and oxygen atoms in total. The predicted molar refractivity (Wildman–Crippen MR) is 71.8 cm³/mol. The van der Waals surface area contributed by atoms with Crippen LogP contribution in [0.4, 0.5) is 0 Å². The smallest absolute Gasteiger partial charge is 0.191 e. The molecule has 0 aromatic heterocycles. The summed E-state index contributed by atoms with van der Waals surface area (Å²) in [5.41, 5.74) is 8.22. The third-order valence-electron chi connectivity index (χ3n) is 3.74. The summed E-state index contributed by atoms with van der Waals surface area (Å²) in [6, 6.07) is 6.57. The minimum atomic E-state index is -0.109. The topological polar surface area (TPSA) is 50.8 Å². The van der Waals surface area contributed by atoms with E-state index in [2.05, 4.69) is 37.0 Å². The van der Waals surface area contributed by atoms with Gasteiger partial charge >= 0.3 is 0 Å². The van der Waals surface area contributed by atoms with Crippen LogP contribution in [0.2, 0.25) is 0 Å². The van der Waals surface area contributed by atoms with Gasteiger partial charge in [0.25, 0.3) is 0 Å². The van der Waals surface area contributed by atoms with E-state index in [0.29, 0.717) is 12.5 Å². The number of nitrogens with zero attached hydrogens (tertiary/aromatic N) is 2. The Labute approximate surface area is 107 Å². The molecule has 0 saturated heterocycles. The molecule has 1 aromatic carbocycles. The Morgan fingerprint density at radius 1 is 1.44 bits per heavy atom. The van der Waals surface area contributed by atoms with Crippen molar-refractivity contribution in [2.75, 3.05) is 13.6 Å². The molecule has 0 spiro atoms. The van der Waals surface area contributed by atoms with Crippen LogP contribution in [0.5, 0.6) is 5.75 Å². The SMILES string of the molecule is CN1C(N)=NCC1c1cccc2c1OC(C)(C)C2. The molecule has 96 valence electrons. The van der Waals surface area contributed by atoms with Crippen molar-refractivity contribution in [3.8, 4) is 5.75 Å². The van der Waals surface area contributed by atoms with Crippen molar-refractivity contribution in [2.24, 2.45) is 10.7 Å². The van der Waals surface area contributed by atoms with Gasteiger partial charge in [0, 0.05) is 19.0 Å². The van der Waals surface area contributed by atoms with E-state index in [1.54, 1.807) is 0 Å². The number of para-hydroxylation sites is 1. The number of likely N-dealkylation sites (N-methyl/N-ethyl adjacent to an activating group) is 1. The molecule has 4 heteroatoms. The molecule has 2 heterocycles. The zero-order valence-corrected chi connectivity index (χ0v) is 11.1. The van der Waals surface area contributed by atoms with Crippen LogP contribution in [-0.4, -0.2) is 30.1 Å². The largest absolute Gasteiger partial charge is 0.487 e. The second kappa shape index (κ2) is 3.64. The minimum absolute atomic E-state index is 0.109. The molecule has 1 unspecified atom stereocenters. The van der Waals surface area contributed by atoms with Crippen LogP contribution in [0.15, 0.2) is 23.2 Å². The number of ether oxygens (including phenoxy) is 1. The summed E-state index contributed by atoms with van der Waals surface area (Å²) in [5, 5.41) is 0. The highest BCUT2D eigenvalue weighted by Crippen LogP contribution is 2.41. The molecule has 0 amide bonds. The second-order valence-corrected chi connectivity index (χ2v) is 5.70. The van der Waals surface area contributed by atoms with Gasteiger partial charge in [-0.25, -0.2) is 0 Å². The first-order chi connectivity index (χ1) is 8.48. The molecule has 2 aliphatic rings. The Hall–Kier alpha value is -1.71. The van der Waals surface area contributed by atoms with Crippen LogP contribution in [0.3, 0.4) is 0 Å². The highest BCUT2D eigenvalue weighted by Gasteiger charge is 2.35. The van der Waals surface area contributed by atoms with E-state index in [9.17, 15) is 0 Å². The Morgan fingerprint density at radius 3 is 2.89 bits per heavy atom. The van der Waals surface area contributed by atoms with Gasteiger partial charge in [-0.05, 0) is 19.4 Å². The fraction of sp³-hybridized carbons (Fsp3) is 0.500. The molecule has 0 fully saturated rings. The van der Waals surface area contributed by atoms with Gasteiger partial charge in [0.15, 0.2) is 5.96 Å². The number of fused-ring (bicyclic) bond motifs is 1. The molecule has 0 radical (unpaired) electrons. The van der Waals surface area contributed by atoms with E-state index in [1.165, 1.54) is 11.1 Å². The Morgan fingerprint density at radius 2 is 2.22 bits per heavy atom. The van der Waals surface area contributed by atoms with Crippen LogP contribution in [0.1, 0.15) is 31.0 Å². The lowest BCUT2D eigenvalue weighted by molar-refractivity contribution is 0.135. The quantitative estimate of drug-likeness (QED) is 0.819. The van der Waals surface area contributed by atoms with Crippen LogP contribution >= 0.6 is 0 Å². The van der Waals surface area contributed by atoms with E-state index in [-0.39, 0.29) is 11.6 Å². The summed E-state index contributed by atoms with van der Waals surface area (Å²) in [6.45, 7) is 4.96. The molecule has 0 bridgehead atoms. The molecule has 3 rings (SSSR count). The summed E-state index contributed by atoms with van der Waals surface area (Å²) in [5.74, 6) is 1.64. The summed E-state index contributed by atoms with van der Waals surface area (Å²) in [7, 11) is 1.98. The zero-order valence-electron chi connectivity index (χ0n) is 11.1. The van der Waals surface area contributed by atoms with E-state index >= 15 is 0 Å². The summed E-state index contributed by atoms with van der Waals surface area (Å²) in [4.78, 5) is 6.32. The molecular weight excluding hydrogens is 226 g/mol. The van der Waals surface area contributed by atoms with Crippen molar-refractivity contribution in [1.82, 2.24) is 4.90 Å². The van der Waals surface area contributed by atoms with Crippen LogP contribution in [0.25, 0.3) is 0 Å². The van der Waals surface area contributed by atoms with Gasteiger partial charge < -0.3 is 15.4 Å². The van der Waals surface area contributed by atoms with Crippen molar-refractivity contribution in [3.63, 3.8) is 0 Å². The molecule has 18 heavy (non-hydrogen) atoms. The predicted octanol–water partition coefficient (Wildman–Crippen LogP) is 1.70. The van der Waals surface area contributed by atoms with Gasteiger partial charge in [-0.2, -0.15) is 0 Å². The maximum atomic E-state index is 6.10. The lowest BCUT2D eigenvalue weighted by Crippen LogP contribution is -2.32. The van der Waals surface area contributed by atoms with E-state index < -0.39 is 0 Å². The third-order valence-corrected chi connectivity index (χ3v) is 3.74. The number of hydrogen-bond acceptors (Lipinski definition) is 4. The molecule has 2 aliphatic heterocycles. The Kier molecular flexibility index (Phi) is 2.30. The fourth-order valence-corrected chi connectivity index (χ4v) is 2.78. The first-order valence-corrected chi connectivity index (χ1v) is 6.31. The lowest BCUT2D eigenvalue weighted by atomic mass is 9.98. The van der Waals surface area contributed by atoms with Crippen LogP contribution in [0, 0.1) is 0 Å². The molecule has 0 aliphatic carbocycles. The van der Waals surface area contributed by atoms with Gasteiger partial charge in [-0.1, -0.05) is 18.2 Å².